The number of aliphatic hydroxyl groups excluding tert-OH is 1. The van der Waals surface area contributed by atoms with E-state index in [9.17, 15) is 9.90 Å². The van der Waals surface area contributed by atoms with Gasteiger partial charge in [-0.25, -0.2) is 15.0 Å². The summed E-state index contributed by atoms with van der Waals surface area (Å²) < 4.78 is 2.58. The molecule has 1 amide bonds. The van der Waals surface area contributed by atoms with Gasteiger partial charge in [0.15, 0.2) is 10.8 Å². The van der Waals surface area contributed by atoms with Gasteiger partial charge in [-0.15, -0.1) is 0 Å². The molecule has 178 valence electrons. The van der Waals surface area contributed by atoms with Crippen LogP contribution in [-0.4, -0.2) is 57.9 Å². The number of aliphatic hydroxyl groups is 1. The van der Waals surface area contributed by atoms with E-state index < -0.39 is 12.1 Å². The van der Waals surface area contributed by atoms with Gasteiger partial charge in [0.2, 0.25) is 0 Å². The predicted molar refractivity (Wildman–Crippen MR) is 129 cm³/mol. The van der Waals surface area contributed by atoms with E-state index in [1.807, 2.05) is 6.07 Å². The highest BCUT2D eigenvalue weighted by Crippen LogP contribution is 2.35. The lowest BCUT2D eigenvalue weighted by Gasteiger charge is -2.37. The highest BCUT2D eigenvalue weighted by molar-refractivity contribution is 7.17. The van der Waals surface area contributed by atoms with Crippen LogP contribution >= 0.6 is 22.9 Å². The lowest BCUT2D eigenvalue weighted by Crippen LogP contribution is -2.49. The van der Waals surface area contributed by atoms with Gasteiger partial charge in [0.05, 0.1) is 36.1 Å². The van der Waals surface area contributed by atoms with E-state index in [-0.39, 0.29) is 17.0 Å². The van der Waals surface area contributed by atoms with E-state index >= 15 is 0 Å². The average Bonchev–Trinajstić information content (AvgIpc) is 3.54. The van der Waals surface area contributed by atoms with E-state index in [0.717, 1.165) is 47.5 Å². The smallest absolute Gasteiger partial charge is 0.280 e. The Morgan fingerprint density at radius 1 is 1.32 bits per heavy atom. The molecule has 5 rings (SSSR count). The van der Waals surface area contributed by atoms with Crippen molar-refractivity contribution in [1.29, 1.82) is 0 Å². The normalized spacial score (nSPS) is 20.8. The van der Waals surface area contributed by atoms with Gasteiger partial charge >= 0.3 is 0 Å². The fourth-order valence-corrected chi connectivity index (χ4v) is 5.39. The predicted octanol–water partition coefficient (Wildman–Crippen LogP) is 3.41. The third kappa shape index (κ3) is 4.42. The van der Waals surface area contributed by atoms with Gasteiger partial charge in [0, 0.05) is 6.42 Å². The van der Waals surface area contributed by atoms with Crippen LogP contribution in [0, 0.1) is 5.92 Å². The number of carbonyl (C=O) groups excluding carboxylic acids is 1. The van der Waals surface area contributed by atoms with E-state index in [4.69, 9.17) is 16.6 Å². The standard InChI is InChI=1S/C22H25ClN8O2S/c1-11(2)6-18-28-14-8-24-13(20-26-10-27-30-20)7-16(14)31(18)15-5-3-4-12(19(15)32)29-21(33)22-25-9-17(23)34-22/h7-12,15,19,32H,3-6H2,1-2H3,(H,29,33)(H,26,27,30)/t12-,15+,19+/m1/s1. The Labute approximate surface area is 204 Å². The zero-order valence-corrected chi connectivity index (χ0v) is 20.3. The van der Waals surface area contributed by atoms with Crippen molar-refractivity contribution < 1.29 is 9.90 Å². The SMILES string of the molecule is CC(C)Cc1nc2cnc(-c3ncn[nH]3)cc2n1[C@H]1CCC[C@@H](NC(=O)c2ncc(Cl)s2)[C@@H]1O. The molecule has 12 heteroatoms. The zero-order chi connectivity index (χ0) is 23.8. The maximum absolute atomic E-state index is 12.7. The van der Waals surface area contributed by atoms with Crippen molar-refractivity contribution in [1.82, 2.24) is 40.0 Å². The maximum atomic E-state index is 12.7. The molecule has 0 aliphatic heterocycles. The van der Waals surface area contributed by atoms with Crippen LogP contribution in [0.3, 0.4) is 0 Å². The minimum absolute atomic E-state index is 0.248. The van der Waals surface area contributed by atoms with Gasteiger partial charge in [0.1, 0.15) is 27.7 Å². The number of aromatic nitrogens is 7. The second-order valence-electron chi connectivity index (χ2n) is 8.93. The largest absolute Gasteiger partial charge is 0.389 e. The summed E-state index contributed by atoms with van der Waals surface area (Å²) in [6.07, 6.45) is 6.89. The van der Waals surface area contributed by atoms with Crippen LogP contribution in [0.25, 0.3) is 22.6 Å². The minimum atomic E-state index is -0.793. The molecule has 10 nitrogen and oxygen atoms in total. The highest BCUT2D eigenvalue weighted by atomic mass is 35.5. The van der Waals surface area contributed by atoms with Crippen LogP contribution in [0.15, 0.2) is 24.8 Å². The van der Waals surface area contributed by atoms with Crippen molar-refractivity contribution in [3.8, 4) is 11.5 Å². The molecular weight excluding hydrogens is 476 g/mol. The fraction of sp³-hybridized carbons (Fsp3) is 0.455. The molecule has 4 aromatic heterocycles. The number of pyridine rings is 1. The Morgan fingerprint density at radius 3 is 2.88 bits per heavy atom. The van der Waals surface area contributed by atoms with Crippen LogP contribution < -0.4 is 5.32 Å². The molecule has 0 bridgehead atoms. The molecule has 1 fully saturated rings. The molecule has 0 radical (unpaired) electrons. The quantitative estimate of drug-likeness (QED) is 0.369. The number of imidazole rings is 1. The lowest BCUT2D eigenvalue weighted by molar-refractivity contribution is 0.0402. The molecule has 0 aromatic carbocycles. The van der Waals surface area contributed by atoms with Crippen molar-refractivity contribution in [2.24, 2.45) is 5.92 Å². The zero-order valence-electron chi connectivity index (χ0n) is 18.8. The van der Waals surface area contributed by atoms with E-state index in [1.54, 1.807) is 6.20 Å². The number of H-pyrrole nitrogens is 1. The van der Waals surface area contributed by atoms with Gasteiger partial charge < -0.3 is 15.0 Å². The molecule has 0 spiro atoms. The summed E-state index contributed by atoms with van der Waals surface area (Å²) in [5.41, 5.74) is 2.28. The topological polar surface area (TPSA) is 134 Å². The van der Waals surface area contributed by atoms with Gasteiger partial charge in [-0.3, -0.25) is 14.9 Å². The fourth-order valence-electron chi connectivity index (χ4n) is 4.57. The minimum Gasteiger partial charge on any atom is -0.389 e. The summed E-state index contributed by atoms with van der Waals surface area (Å²) in [6.45, 7) is 4.28. The highest BCUT2D eigenvalue weighted by Gasteiger charge is 2.36. The number of thiazole rings is 1. The molecule has 0 unspecified atom stereocenters. The summed E-state index contributed by atoms with van der Waals surface area (Å²) in [5, 5.41) is 21.4. The molecular formula is C22H25ClN8O2S. The van der Waals surface area contributed by atoms with Crippen LogP contribution in [0.5, 0.6) is 0 Å². The first-order chi connectivity index (χ1) is 16.4. The summed E-state index contributed by atoms with van der Waals surface area (Å²) in [6, 6.07) is 1.27. The average molecular weight is 501 g/mol. The number of fused-ring (bicyclic) bond motifs is 1. The molecule has 34 heavy (non-hydrogen) atoms. The molecule has 0 saturated heterocycles. The second kappa shape index (κ2) is 9.40. The summed E-state index contributed by atoms with van der Waals surface area (Å²) in [7, 11) is 0. The van der Waals surface area contributed by atoms with Crippen molar-refractivity contribution in [3.63, 3.8) is 0 Å². The summed E-state index contributed by atoms with van der Waals surface area (Å²) >= 11 is 7.05. The Kier molecular flexibility index (Phi) is 6.32. The molecule has 3 N–H and O–H groups in total. The number of hydrogen-bond donors (Lipinski definition) is 3. The second-order valence-corrected chi connectivity index (χ2v) is 10.6. The number of carbonyl (C=O) groups is 1. The van der Waals surface area contributed by atoms with Crippen molar-refractivity contribution in [2.45, 2.75) is 57.7 Å². The van der Waals surface area contributed by atoms with Crippen LogP contribution in [0.2, 0.25) is 4.34 Å². The van der Waals surface area contributed by atoms with Gasteiger partial charge in [-0.1, -0.05) is 36.8 Å². The Hall–Kier alpha value is -2.89. The molecule has 4 aromatic rings. The molecule has 4 heterocycles. The van der Waals surface area contributed by atoms with Crippen molar-refractivity contribution >= 4 is 39.9 Å². The Morgan fingerprint density at radius 2 is 2.18 bits per heavy atom. The first-order valence-corrected chi connectivity index (χ1v) is 12.4. The number of nitrogens with zero attached hydrogens (tertiary/aromatic N) is 6. The number of nitrogens with one attached hydrogen (secondary N) is 2. The third-order valence-electron chi connectivity index (χ3n) is 6.04. The molecule has 1 aliphatic carbocycles. The molecule has 3 atom stereocenters. The first kappa shape index (κ1) is 22.9. The number of hydrogen-bond acceptors (Lipinski definition) is 8. The number of amides is 1. The number of halogens is 1. The van der Waals surface area contributed by atoms with E-state index in [2.05, 4.69) is 48.9 Å². The monoisotopic (exact) mass is 500 g/mol. The van der Waals surface area contributed by atoms with Crippen LogP contribution in [0.4, 0.5) is 0 Å². The molecule has 1 aliphatic rings. The van der Waals surface area contributed by atoms with Crippen LogP contribution in [0.1, 0.15) is 54.8 Å². The summed E-state index contributed by atoms with van der Waals surface area (Å²) in [5.74, 6) is 1.51. The van der Waals surface area contributed by atoms with Gasteiger partial charge in [-0.05, 0) is 31.2 Å². The number of aromatic amines is 1. The lowest BCUT2D eigenvalue weighted by atomic mass is 9.87. The Bertz CT molecular complexity index is 1300. The van der Waals surface area contributed by atoms with Crippen LogP contribution in [-0.2, 0) is 6.42 Å². The Balaban J connectivity index is 1.50. The maximum Gasteiger partial charge on any atom is 0.280 e. The van der Waals surface area contributed by atoms with Crippen molar-refractivity contribution in [3.05, 3.63) is 40.0 Å². The van der Waals surface area contributed by atoms with Gasteiger partial charge in [0.25, 0.3) is 5.91 Å². The first-order valence-electron chi connectivity index (χ1n) is 11.2. The van der Waals surface area contributed by atoms with E-state index in [0.29, 0.717) is 28.2 Å². The van der Waals surface area contributed by atoms with Crippen molar-refractivity contribution in [2.75, 3.05) is 0 Å². The van der Waals surface area contributed by atoms with Gasteiger partial charge in [-0.2, -0.15) is 5.10 Å². The van der Waals surface area contributed by atoms with E-state index in [1.165, 1.54) is 12.5 Å². The molecule has 1 saturated carbocycles. The summed E-state index contributed by atoms with van der Waals surface area (Å²) in [4.78, 5) is 30.3. The number of rotatable bonds is 6. The third-order valence-corrected chi connectivity index (χ3v) is 7.15.